The van der Waals surface area contributed by atoms with Crippen molar-refractivity contribution in [2.75, 3.05) is 6.54 Å². The molecular weight excluding hydrogens is 280 g/mol. The van der Waals surface area contributed by atoms with Crippen molar-refractivity contribution in [1.29, 1.82) is 0 Å². The summed E-state index contributed by atoms with van der Waals surface area (Å²) in [5, 5.41) is 0. The second-order valence-electron chi connectivity index (χ2n) is 4.95. The molecule has 0 saturated carbocycles. The maximum atomic E-state index is 12.7. The van der Waals surface area contributed by atoms with Crippen molar-refractivity contribution in [2.45, 2.75) is 55.8 Å². The number of hydrogen-bond acceptors (Lipinski definition) is 4. The lowest BCUT2D eigenvalue weighted by molar-refractivity contribution is 0.316. The van der Waals surface area contributed by atoms with E-state index in [2.05, 4.69) is 6.92 Å². The van der Waals surface area contributed by atoms with E-state index in [4.69, 9.17) is 5.73 Å². The number of rotatable bonds is 4. The monoisotopic (exact) mass is 302 g/mol. The van der Waals surface area contributed by atoms with Crippen LogP contribution in [0.2, 0.25) is 0 Å². The van der Waals surface area contributed by atoms with Crippen LogP contribution in [0.5, 0.6) is 0 Å². The zero-order valence-electron chi connectivity index (χ0n) is 11.3. The van der Waals surface area contributed by atoms with Crippen LogP contribution < -0.4 is 5.73 Å². The summed E-state index contributed by atoms with van der Waals surface area (Å²) in [6, 6.07) is 3.66. The smallest absolute Gasteiger partial charge is 0.252 e. The van der Waals surface area contributed by atoms with Gasteiger partial charge in [-0.25, -0.2) is 8.42 Å². The third-order valence-corrected chi connectivity index (χ3v) is 7.22. The van der Waals surface area contributed by atoms with Gasteiger partial charge in [-0.05, 0) is 31.4 Å². The lowest BCUT2D eigenvalue weighted by Gasteiger charge is -2.27. The van der Waals surface area contributed by atoms with Gasteiger partial charge in [-0.2, -0.15) is 4.31 Å². The van der Waals surface area contributed by atoms with Crippen LogP contribution >= 0.6 is 11.3 Å². The van der Waals surface area contributed by atoms with Crippen molar-refractivity contribution in [2.24, 2.45) is 5.73 Å². The Bertz CT molecular complexity index is 510. The van der Waals surface area contributed by atoms with Crippen molar-refractivity contribution in [3.05, 3.63) is 17.0 Å². The molecule has 0 amide bonds. The number of thiophene rings is 1. The zero-order chi connectivity index (χ0) is 13.9. The van der Waals surface area contributed by atoms with E-state index in [1.807, 2.05) is 6.07 Å². The topological polar surface area (TPSA) is 63.4 Å². The minimum Gasteiger partial charge on any atom is -0.326 e. The van der Waals surface area contributed by atoms with E-state index >= 15 is 0 Å². The minimum atomic E-state index is -3.34. The Labute approximate surface area is 119 Å². The summed E-state index contributed by atoms with van der Waals surface area (Å²) in [6.45, 7) is 3.12. The molecule has 1 aliphatic rings. The molecule has 0 radical (unpaired) electrons. The van der Waals surface area contributed by atoms with Crippen molar-refractivity contribution in [3.63, 3.8) is 0 Å². The van der Waals surface area contributed by atoms with Gasteiger partial charge in [-0.3, -0.25) is 0 Å². The average molecular weight is 302 g/mol. The number of nitrogens with zero attached hydrogens (tertiary/aromatic N) is 1. The highest BCUT2D eigenvalue weighted by molar-refractivity contribution is 7.91. The van der Waals surface area contributed by atoms with Gasteiger partial charge in [0.05, 0.1) is 0 Å². The number of sulfonamides is 1. The standard InChI is InChI=1S/C13H22N2O2S2/c1-2-11-6-4-3-5-9-15(11)19(16,17)13-8-7-12(10-14)18-13/h7-8,11H,2-6,9-10,14H2,1H3. The molecule has 4 nitrogen and oxygen atoms in total. The molecule has 0 spiro atoms. The van der Waals surface area contributed by atoms with Crippen molar-refractivity contribution in [1.82, 2.24) is 4.31 Å². The van der Waals surface area contributed by atoms with E-state index in [9.17, 15) is 8.42 Å². The van der Waals surface area contributed by atoms with Gasteiger partial charge in [0.25, 0.3) is 10.0 Å². The van der Waals surface area contributed by atoms with Crippen LogP contribution in [0.15, 0.2) is 16.3 Å². The van der Waals surface area contributed by atoms with Gasteiger partial charge in [0, 0.05) is 24.0 Å². The molecule has 1 aliphatic heterocycles. The summed E-state index contributed by atoms with van der Waals surface area (Å²) in [5.41, 5.74) is 5.57. The van der Waals surface area contributed by atoms with Gasteiger partial charge >= 0.3 is 0 Å². The molecule has 0 bridgehead atoms. The third-order valence-electron chi connectivity index (χ3n) is 3.70. The third kappa shape index (κ3) is 3.18. The Hall–Kier alpha value is -0.430. The van der Waals surface area contributed by atoms with E-state index in [0.717, 1.165) is 37.0 Å². The predicted molar refractivity (Wildman–Crippen MR) is 78.6 cm³/mol. The molecule has 1 aromatic rings. The van der Waals surface area contributed by atoms with Crippen LogP contribution in [-0.4, -0.2) is 25.3 Å². The quantitative estimate of drug-likeness (QED) is 0.929. The average Bonchev–Trinajstić information content (AvgIpc) is 2.76. The van der Waals surface area contributed by atoms with Gasteiger partial charge in [-0.15, -0.1) is 11.3 Å². The van der Waals surface area contributed by atoms with Crippen LogP contribution in [0.4, 0.5) is 0 Å². The first-order valence-corrected chi connectivity index (χ1v) is 9.16. The maximum Gasteiger partial charge on any atom is 0.252 e. The first kappa shape index (κ1) is 15.0. The molecule has 1 fully saturated rings. The van der Waals surface area contributed by atoms with Crippen LogP contribution in [0.25, 0.3) is 0 Å². The van der Waals surface area contributed by atoms with Crippen molar-refractivity contribution < 1.29 is 8.42 Å². The minimum absolute atomic E-state index is 0.149. The molecule has 0 aliphatic carbocycles. The highest BCUT2D eigenvalue weighted by Gasteiger charge is 2.32. The van der Waals surface area contributed by atoms with Gasteiger partial charge in [-0.1, -0.05) is 19.8 Å². The van der Waals surface area contributed by atoms with Crippen LogP contribution in [-0.2, 0) is 16.6 Å². The lowest BCUT2D eigenvalue weighted by atomic mass is 10.1. The van der Waals surface area contributed by atoms with Crippen LogP contribution in [0.1, 0.15) is 43.9 Å². The molecule has 1 atom stereocenters. The molecule has 19 heavy (non-hydrogen) atoms. The maximum absolute atomic E-state index is 12.7. The summed E-state index contributed by atoms with van der Waals surface area (Å²) in [6.07, 6.45) is 5.08. The second kappa shape index (κ2) is 6.35. The molecule has 2 N–H and O–H groups in total. The molecule has 2 rings (SSSR count). The molecule has 1 aromatic heterocycles. The molecule has 2 heterocycles. The van der Waals surface area contributed by atoms with Gasteiger partial charge in [0.1, 0.15) is 4.21 Å². The van der Waals surface area contributed by atoms with E-state index in [1.165, 1.54) is 11.3 Å². The Morgan fingerprint density at radius 1 is 1.37 bits per heavy atom. The van der Waals surface area contributed by atoms with Crippen molar-refractivity contribution >= 4 is 21.4 Å². The first-order valence-electron chi connectivity index (χ1n) is 6.90. The largest absolute Gasteiger partial charge is 0.326 e. The van der Waals surface area contributed by atoms with E-state index in [0.29, 0.717) is 17.3 Å². The van der Waals surface area contributed by atoms with Gasteiger partial charge in [0.15, 0.2) is 0 Å². The van der Waals surface area contributed by atoms with E-state index in [1.54, 1.807) is 10.4 Å². The summed E-state index contributed by atoms with van der Waals surface area (Å²) >= 11 is 1.30. The number of hydrogen-bond donors (Lipinski definition) is 1. The summed E-state index contributed by atoms with van der Waals surface area (Å²) in [7, 11) is -3.34. The summed E-state index contributed by atoms with van der Waals surface area (Å²) in [4.78, 5) is 0.918. The normalized spacial score (nSPS) is 22.3. The van der Waals surface area contributed by atoms with E-state index in [-0.39, 0.29) is 6.04 Å². The lowest BCUT2D eigenvalue weighted by Crippen LogP contribution is -2.39. The molecule has 108 valence electrons. The highest BCUT2D eigenvalue weighted by Crippen LogP contribution is 2.30. The van der Waals surface area contributed by atoms with Gasteiger partial charge < -0.3 is 5.73 Å². The Kier molecular flexibility index (Phi) is 5.00. The Morgan fingerprint density at radius 2 is 2.16 bits per heavy atom. The molecule has 6 heteroatoms. The van der Waals surface area contributed by atoms with E-state index < -0.39 is 10.0 Å². The Balaban J connectivity index is 2.30. The predicted octanol–water partition coefficient (Wildman–Crippen LogP) is 2.55. The zero-order valence-corrected chi connectivity index (χ0v) is 13.0. The highest BCUT2D eigenvalue weighted by atomic mass is 32.2. The fraction of sp³-hybridized carbons (Fsp3) is 0.692. The SMILES string of the molecule is CCC1CCCCCN1S(=O)(=O)c1ccc(CN)s1. The molecule has 0 aromatic carbocycles. The molecular formula is C13H22N2O2S2. The fourth-order valence-corrected chi connectivity index (χ4v) is 5.73. The van der Waals surface area contributed by atoms with Gasteiger partial charge in [0.2, 0.25) is 0 Å². The molecule has 1 saturated heterocycles. The van der Waals surface area contributed by atoms with Crippen LogP contribution in [0.3, 0.4) is 0 Å². The summed E-state index contributed by atoms with van der Waals surface area (Å²) in [5.74, 6) is 0. The van der Waals surface area contributed by atoms with Crippen LogP contribution in [0, 0.1) is 0 Å². The summed E-state index contributed by atoms with van der Waals surface area (Å²) < 4.78 is 27.6. The second-order valence-corrected chi connectivity index (χ2v) is 8.24. The Morgan fingerprint density at radius 3 is 2.79 bits per heavy atom. The number of nitrogens with two attached hydrogens (primary N) is 1. The fourth-order valence-electron chi connectivity index (χ4n) is 2.60. The van der Waals surface area contributed by atoms with Crippen molar-refractivity contribution in [3.8, 4) is 0 Å². The molecule has 1 unspecified atom stereocenters. The first-order chi connectivity index (χ1) is 9.09.